The molecule has 0 aromatic heterocycles. The van der Waals surface area contributed by atoms with Crippen molar-refractivity contribution in [2.75, 3.05) is 13.2 Å². The van der Waals surface area contributed by atoms with Gasteiger partial charge in [-0.05, 0) is 37.0 Å². The van der Waals surface area contributed by atoms with Gasteiger partial charge >= 0.3 is 17.9 Å². The average Bonchev–Trinajstić information content (AvgIpc) is 3.16. The molecule has 0 saturated heterocycles. The fourth-order valence-electron chi connectivity index (χ4n) is 7.59. The Morgan fingerprint density at radius 2 is 0.509 bits per heavy atom. The molecule has 0 spiro atoms. The van der Waals surface area contributed by atoms with Crippen LogP contribution in [0, 0.1) is 17.8 Å². The van der Waals surface area contributed by atoms with Crippen LogP contribution in [0.15, 0.2) is 0 Å². The van der Waals surface area contributed by atoms with Gasteiger partial charge in [0.25, 0.3) is 0 Å². The van der Waals surface area contributed by atoms with E-state index in [1.54, 1.807) is 0 Å². The van der Waals surface area contributed by atoms with Crippen molar-refractivity contribution in [1.29, 1.82) is 0 Å². The van der Waals surface area contributed by atoms with Crippen molar-refractivity contribution in [3.63, 3.8) is 0 Å². The summed E-state index contributed by atoms with van der Waals surface area (Å²) in [6.45, 7) is 13.7. The van der Waals surface area contributed by atoms with E-state index in [2.05, 4.69) is 41.5 Å². The molecule has 0 aromatic carbocycles. The number of carbonyl (C=O) groups excluding carboxylic acids is 3. The van der Waals surface area contributed by atoms with E-state index in [9.17, 15) is 14.4 Å². The van der Waals surface area contributed by atoms with Crippen molar-refractivity contribution in [2.45, 2.75) is 279 Å². The molecule has 0 aliphatic carbocycles. The van der Waals surface area contributed by atoms with Crippen molar-refractivity contribution in [1.82, 2.24) is 0 Å². The summed E-state index contributed by atoms with van der Waals surface area (Å²) in [5.41, 5.74) is 0. The second kappa shape index (κ2) is 42.5. The first kappa shape index (κ1) is 55.4. The molecule has 0 unspecified atom stereocenters. The normalized spacial score (nSPS) is 12.2. The zero-order chi connectivity index (χ0) is 42.0. The first-order chi connectivity index (χ1) is 27.6. The van der Waals surface area contributed by atoms with Gasteiger partial charge in [0.2, 0.25) is 0 Å². The number of unbranched alkanes of at least 4 members (excludes halogenated alkanes) is 27. The van der Waals surface area contributed by atoms with E-state index < -0.39 is 6.10 Å². The fourth-order valence-corrected chi connectivity index (χ4v) is 7.59. The molecule has 0 rings (SSSR count). The third-order valence-electron chi connectivity index (χ3n) is 11.4. The van der Waals surface area contributed by atoms with Gasteiger partial charge in [-0.25, -0.2) is 0 Å². The van der Waals surface area contributed by atoms with Crippen molar-refractivity contribution >= 4 is 17.9 Å². The van der Waals surface area contributed by atoms with E-state index in [-0.39, 0.29) is 31.1 Å². The maximum absolute atomic E-state index is 12.8. The van der Waals surface area contributed by atoms with Gasteiger partial charge in [0.1, 0.15) is 13.2 Å². The van der Waals surface area contributed by atoms with Crippen LogP contribution in [0.5, 0.6) is 0 Å². The van der Waals surface area contributed by atoms with Gasteiger partial charge in [-0.3, -0.25) is 14.4 Å². The Hall–Kier alpha value is -1.59. The van der Waals surface area contributed by atoms with Gasteiger partial charge < -0.3 is 14.2 Å². The molecule has 0 aliphatic rings. The number of rotatable bonds is 44. The topological polar surface area (TPSA) is 78.9 Å². The number of hydrogen-bond donors (Lipinski definition) is 0. The SMILES string of the molecule is CC(C)CCCCCCCCCCCCCCCC(=O)O[C@@H](COC(=O)CCCCCCCCCCCCC(C)C)COC(=O)CCCCCCCCCC(C)C. The van der Waals surface area contributed by atoms with E-state index >= 15 is 0 Å². The zero-order valence-corrected chi connectivity index (χ0v) is 39.1. The second-order valence-electron chi connectivity index (χ2n) is 18.9. The molecule has 0 aliphatic heterocycles. The van der Waals surface area contributed by atoms with Crippen molar-refractivity contribution in [3.05, 3.63) is 0 Å². The second-order valence-corrected chi connectivity index (χ2v) is 18.9. The Morgan fingerprint density at radius 3 is 0.754 bits per heavy atom. The molecule has 338 valence electrons. The molecule has 6 heteroatoms. The Bertz CT molecular complexity index is 883. The van der Waals surface area contributed by atoms with E-state index in [4.69, 9.17) is 14.2 Å². The molecule has 0 aromatic rings. The molecular formula is C51H98O6. The predicted octanol–water partition coefficient (Wildman–Crippen LogP) is 16.0. The number of esters is 3. The summed E-state index contributed by atoms with van der Waals surface area (Å²) in [7, 11) is 0. The van der Waals surface area contributed by atoms with Gasteiger partial charge in [0.05, 0.1) is 0 Å². The zero-order valence-electron chi connectivity index (χ0n) is 39.1. The lowest BCUT2D eigenvalue weighted by Crippen LogP contribution is -2.30. The number of hydrogen-bond acceptors (Lipinski definition) is 6. The molecule has 0 heterocycles. The maximum atomic E-state index is 12.8. The highest BCUT2D eigenvalue weighted by Crippen LogP contribution is 2.17. The van der Waals surface area contributed by atoms with E-state index in [0.29, 0.717) is 19.3 Å². The Morgan fingerprint density at radius 1 is 0.298 bits per heavy atom. The quantitative estimate of drug-likeness (QED) is 0.0347. The standard InChI is InChI=1S/C51H98O6/c1-45(2)37-31-25-19-14-10-8-7-9-11-17-23-30-36-42-51(54)57-48(44-56-50(53)41-35-29-24-18-21-27-33-39-47(5)6)43-55-49(52)40-34-28-22-16-13-12-15-20-26-32-38-46(3)4/h45-48H,7-44H2,1-6H3/t48-/m0/s1. The van der Waals surface area contributed by atoms with Crippen LogP contribution in [0.1, 0.15) is 273 Å². The van der Waals surface area contributed by atoms with Crippen molar-refractivity contribution in [3.8, 4) is 0 Å². The van der Waals surface area contributed by atoms with Gasteiger partial charge in [-0.1, -0.05) is 234 Å². The number of carbonyl (C=O) groups is 3. The van der Waals surface area contributed by atoms with Gasteiger partial charge in [-0.2, -0.15) is 0 Å². The number of ether oxygens (including phenoxy) is 3. The van der Waals surface area contributed by atoms with Crippen molar-refractivity contribution < 1.29 is 28.6 Å². The summed E-state index contributed by atoms with van der Waals surface area (Å²) >= 11 is 0. The lowest BCUT2D eigenvalue weighted by atomic mass is 10.0. The minimum atomic E-state index is -0.762. The lowest BCUT2D eigenvalue weighted by Gasteiger charge is -2.18. The minimum absolute atomic E-state index is 0.0655. The first-order valence-electron chi connectivity index (χ1n) is 25.1. The van der Waals surface area contributed by atoms with Crippen molar-refractivity contribution in [2.24, 2.45) is 17.8 Å². The molecular weight excluding hydrogens is 709 g/mol. The van der Waals surface area contributed by atoms with Crippen LogP contribution in [0.4, 0.5) is 0 Å². The van der Waals surface area contributed by atoms with Crippen LogP contribution < -0.4 is 0 Å². The Kier molecular flexibility index (Phi) is 41.3. The summed E-state index contributed by atoms with van der Waals surface area (Å²) in [6, 6.07) is 0. The molecule has 0 amide bonds. The summed E-state index contributed by atoms with van der Waals surface area (Å²) < 4.78 is 16.8. The van der Waals surface area contributed by atoms with Crippen LogP contribution >= 0.6 is 0 Å². The molecule has 57 heavy (non-hydrogen) atoms. The highest BCUT2D eigenvalue weighted by atomic mass is 16.6. The van der Waals surface area contributed by atoms with E-state index in [1.807, 2.05) is 0 Å². The van der Waals surface area contributed by atoms with E-state index in [0.717, 1.165) is 75.5 Å². The van der Waals surface area contributed by atoms with E-state index in [1.165, 1.54) is 154 Å². The summed E-state index contributed by atoms with van der Waals surface area (Å²) in [6.07, 6.45) is 41.0. The highest BCUT2D eigenvalue weighted by Gasteiger charge is 2.19. The van der Waals surface area contributed by atoms with Crippen LogP contribution in [0.3, 0.4) is 0 Å². The summed E-state index contributed by atoms with van der Waals surface area (Å²) in [4.78, 5) is 37.9. The third kappa shape index (κ3) is 45.3. The summed E-state index contributed by atoms with van der Waals surface area (Å²) in [5.74, 6) is 1.58. The first-order valence-corrected chi connectivity index (χ1v) is 25.1. The Labute approximate surface area is 355 Å². The molecule has 1 atom stereocenters. The molecule has 0 N–H and O–H groups in total. The average molecular weight is 807 g/mol. The third-order valence-corrected chi connectivity index (χ3v) is 11.4. The predicted molar refractivity (Wildman–Crippen MR) is 243 cm³/mol. The van der Waals surface area contributed by atoms with Gasteiger partial charge in [0, 0.05) is 19.3 Å². The molecule has 0 fully saturated rings. The molecule has 6 nitrogen and oxygen atoms in total. The Balaban J connectivity index is 4.31. The van der Waals surface area contributed by atoms with Crippen LogP contribution in [-0.4, -0.2) is 37.2 Å². The molecule has 0 radical (unpaired) electrons. The van der Waals surface area contributed by atoms with Crippen LogP contribution in [-0.2, 0) is 28.6 Å². The highest BCUT2D eigenvalue weighted by molar-refractivity contribution is 5.71. The monoisotopic (exact) mass is 807 g/mol. The van der Waals surface area contributed by atoms with Gasteiger partial charge in [-0.15, -0.1) is 0 Å². The minimum Gasteiger partial charge on any atom is -0.462 e. The molecule has 0 saturated carbocycles. The fraction of sp³-hybridized carbons (Fsp3) is 0.941. The summed E-state index contributed by atoms with van der Waals surface area (Å²) in [5, 5.41) is 0. The molecule has 0 bridgehead atoms. The van der Waals surface area contributed by atoms with Gasteiger partial charge in [0.15, 0.2) is 6.10 Å². The smallest absolute Gasteiger partial charge is 0.306 e. The van der Waals surface area contributed by atoms with Crippen LogP contribution in [0.25, 0.3) is 0 Å². The largest absolute Gasteiger partial charge is 0.462 e. The maximum Gasteiger partial charge on any atom is 0.306 e. The lowest BCUT2D eigenvalue weighted by molar-refractivity contribution is -0.167. The van der Waals surface area contributed by atoms with Crippen LogP contribution in [0.2, 0.25) is 0 Å².